The van der Waals surface area contributed by atoms with E-state index >= 15 is 8.78 Å². The van der Waals surface area contributed by atoms with Crippen LogP contribution in [-0.2, 0) is 15.6 Å². The van der Waals surface area contributed by atoms with E-state index in [4.69, 9.17) is 9.84 Å². The standard InChI is InChI=1S/C24H21F3N4O6S/c1-37-24-18(7-13(25)8-29-24)38(35,36)11-12-3-2-4-15(19(12)26)16-5-6-17-21(20(16)27)30-31-22(17)23(34)28-9-14(33)10-32/h2-8,14,32-33H,9-11H2,1H3,(H,28,34)(H,30,31)/t14-/m1/s1. The van der Waals surface area contributed by atoms with Gasteiger partial charge in [-0.05, 0) is 12.1 Å². The van der Waals surface area contributed by atoms with Gasteiger partial charge < -0.3 is 20.3 Å². The molecule has 1 atom stereocenters. The minimum Gasteiger partial charge on any atom is -0.480 e. The first-order valence-electron chi connectivity index (χ1n) is 11.0. The molecule has 0 fully saturated rings. The number of carbonyl (C=O) groups is 1. The van der Waals surface area contributed by atoms with Gasteiger partial charge in [-0.3, -0.25) is 9.89 Å². The molecule has 0 unspecified atom stereocenters. The second kappa shape index (κ2) is 10.8. The first-order valence-corrected chi connectivity index (χ1v) is 12.7. The summed E-state index contributed by atoms with van der Waals surface area (Å²) in [6.45, 7) is -0.824. The van der Waals surface area contributed by atoms with Gasteiger partial charge in [-0.2, -0.15) is 5.10 Å². The number of H-pyrrole nitrogens is 1. The van der Waals surface area contributed by atoms with Gasteiger partial charge in [0.2, 0.25) is 5.88 Å². The highest BCUT2D eigenvalue weighted by Crippen LogP contribution is 2.33. The highest BCUT2D eigenvalue weighted by atomic mass is 32.2. The van der Waals surface area contributed by atoms with E-state index in [1.807, 2.05) is 0 Å². The van der Waals surface area contributed by atoms with E-state index in [0.717, 1.165) is 13.3 Å². The van der Waals surface area contributed by atoms with E-state index in [1.54, 1.807) is 0 Å². The molecule has 2 heterocycles. The summed E-state index contributed by atoms with van der Waals surface area (Å²) in [4.78, 5) is 15.4. The van der Waals surface area contributed by atoms with Gasteiger partial charge in [-0.1, -0.05) is 24.3 Å². The van der Waals surface area contributed by atoms with Crippen molar-refractivity contribution in [2.24, 2.45) is 0 Å². The maximum absolute atomic E-state index is 15.5. The van der Waals surface area contributed by atoms with E-state index in [-0.39, 0.29) is 45.7 Å². The van der Waals surface area contributed by atoms with E-state index in [2.05, 4.69) is 20.5 Å². The molecule has 0 saturated carbocycles. The second-order valence-electron chi connectivity index (χ2n) is 8.17. The Balaban J connectivity index is 1.69. The minimum atomic E-state index is -4.32. The third-order valence-corrected chi connectivity index (χ3v) is 7.28. The van der Waals surface area contributed by atoms with E-state index in [0.29, 0.717) is 6.07 Å². The van der Waals surface area contributed by atoms with E-state index in [1.165, 1.54) is 30.3 Å². The maximum atomic E-state index is 15.5. The summed E-state index contributed by atoms with van der Waals surface area (Å²) in [5.41, 5.74) is -1.20. The third-order valence-electron chi connectivity index (χ3n) is 5.63. The summed E-state index contributed by atoms with van der Waals surface area (Å²) in [5, 5.41) is 26.9. The number of hydrogen-bond acceptors (Lipinski definition) is 8. The molecule has 200 valence electrons. The van der Waals surface area contributed by atoms with Gasteiger partial charge >= 0.3 is 0 Å². The van der Waals surface area contributed by atoms with Crippen molar-refractivity contribution in [2.45, 2.75) is 16.8 Å². The lowest BCUT2D eigenvalue weighted by molar-refractivity contribution is 0.0800. The first kappa shape index (κ1) is 27.0. The number of nitrogens with one attached hydrogen (secondary N) is 2. The topological polar surface area (TPSA) is 154 Å². The lowest BCUT2D eigenvalue weighted by Gasteiger charge is -2.12. The molecule has 0 aliphatic rings. The Morgan fingerprint density at radius 2 is 1.89 bits per heavy atom. The van der Waals surface area contributed by atoms with E-state index < -0.39 is 56.6 Å². The van der Waals surface area contributed by atoms with Gasteiger partial charge in [-0.25, -0.2) is 26.6 Å². The Morgan fingerprint density at radius 1 is 1.16 bits per heavy atom. The fourth-order valence-electron chi connectivity index (χ4n) is 3.76. The average molecular weight is 551 g/mol. The molecule has 0 aliphatic heterocycles. The maximum Gasteiger partial charge on any atom is 0.270 e. The van der Waals surface area contributed by atoms with Crippen molar-refractivity contribution in [3.05, 3.63) is 71.3 Å². The Hall–Kier alpha value is -4.01. The number of aromatic nitrogens is 3. The number of aromatic amines is 1. The number of halogens is 3. The fraction of sp³-hybridized carbons (Fsp3) is 0.208. The third kappa shape index (κ3) is 5.18. The number of ether oxygens (including phenoxy) is 1. The minimum absolute atomic E-state index is 0.0760. The van der Waals surface area contributed by atoms with Crippen molar-refractivity contribution in [2.75, 3.05) is 20.3 Å². The Labute approximate surface area is 214 Å². The highest BCUT2D eigenvalue weighted by Gasteiger charge is 2.26. The van der Waals surface area contributed by atoms with Gasteiger partial charge in [-0.15, -0.1) is 0 Å². The number of nitrogens with zero attached hydrogens (tertiary/aromatic N) is 2. The Bertz CT molecular complexity index is 1630. The summed E-state index contributed by atoms with van der Waals surface area (Å²) in [7, 11) is -3.17. The smallest absolute Gasteiger partial charge is 0.270 e. The predicted molar refractivity (Wildman–Crippen MR) is 129 cm³/mol. The molecule has 10 nitrogen and oxygen atoms in total. The first-order chi connectivity index (χ1) is 18.1. The zero-order valence-electron chi connectivity index (χ0n) is 19.7. The van der Waals surface area contributed by atoms with Gasteiger partial charge in [0.05, 0.1) is 31.8 Å². The van der Waals surface area contributed by atoms with Crippen molar-refractivity contribution in [3.8, 4) is 17.0 Å². The monoisotopic (exact) mass is 550 g/mol. The molecular weight excluding hydrogens is 529 g/mol. The number of benzene rings is 2. The number of pyridine rings is 1. The van der Waals surface area contributed by atoms with Crippen LogP contribution < -0.4 is 10.1 Å². The zero-order chi connectivity index (χ0) is 27.6. The van der Waals surface area contributed by atoms with Crippen molar-refractivity contribution in [1.29, 1.82) is 0 Å². The quantitative estimate of drug-likeness (QED) is 0.247. The lowest BCUT2D eigenvalue weighted by Crippen LogP contribution is -2.34. The molecule has 0 bridgehead atoms. The lowest BCUT2D eigenvalue weighted by atomic mass is 10.00. The molecular formula is C24H21F3N4O6S. The van der Waals surface area contributed by atoms with Crippen molar-refractivity contribution in [3.63, 3.8) is 0 Å². The van der Waals surface area contributed by atoms with Crippen LogP contribution in [0.4, 0.5) is 13.2 Å². The number of sulfone groups is 1. The number of fused-ring (bicyclic) bond motifs is 1. The van der Waals surface area contributed by atoms with Crippen LogP contribution in [0.2, 0.25) is 0 Å². The van der Waals surface area contributed by atoms with Crippen LogP contribution in [0.1, 0.15) is 16.1 Å². The number of aliphatic hydroxyl groups is 2. The molecule has 1 amide bonds. The van der Waals surface area contributed by atoms with Gasteiger partial charge in [0, 0.05) is 28.6 Å². The number of hydrogen-bond donors (Lipinski definition) is 4. The fourth-order valence-corrected chi connectivity index (χ4v) is 5.24. The number of methoxy groups -OCH3 is 1. The van der Waals surface area contributed by atoms with Crippen LogP contribution >= 0.6 is 0 Å². The molecule has 38 heavy (non-hydrogen) atoms. The predicted octanol–water partition coefficient (Wildman–Crippen LogP) is 2.11. The summed E-state index contributed by atoms with van der Waals surface area (Å²) < 4.78 is 75.4. The van der Waals surface area contributed by atoms with Gasteiger partial charge in [0.15, 0.2) is 15.7 Å². The molecule has 0 spiro atoms. The SMILES string of the molecule is COc1ncc(F)cc1S(=O)(=O)Cc1cccc(-c2ccc3c(C(=O)NC[C@@H](O)CO)[nH]nc3c2F)c1F. The molecule has 0 radical (unpaired) electrons. The molecule has 4 aromatic rings. The molecule has 14 heteroatoms. The number of amides is 1. The molecule has 2 aromatic carbocycles. The Morgan fingerprint density at radius 3 is 2.61 bits per heavy atom. The van der Waals surface area contributed by atoms with Crippen LogP contribution in [0.5, 0.6) is 5.88 Å². The number of carbonyl (C=O) groups excluding carboxylic acids is 1. The normalized spacial score (nSPS) is 12.5. The molecule has 4 rings (SSSR count). The second-order valence-corrected chi connectivity index (χ2v) is 10.1. The van der Waals surface area contributed by atoms with Crippen LogP contribution in [0, 0.1) is 17.5 Å². The van der Waals surface area contributed by atoms with Gasteiger partial charge in [0.1, 0.15) is 27.7 Å². The van der Waals surface area contributed by atoms with Crippen molar-refractivity contribution in [1.82, 2.24) is 20.5 Å². The summed E-state index contributed by atoms with van der Waals surface area (Å²) in [5.74, 6) is -4.88. The molecule has 2 aromatic heterocycles. The number of aliphatic hydroxyl groups excluding tert-OH is 2. The largest absolute Gasteiger partial charge is 0.480 e. The van der Waals surface area contributed by atoms with Crippen LogP contribution in [-0.4, -0.2) is 66.1 Å². The van der Waals surface area contributed by atoms with Crippen LogP contribution in [0.15, 0.2) is 47.5 Å². The molecule has 4 N–H and O–H groups in total. The summed E-state index contributed by atoms with van der Waals surface area (Å²) in [6.07, 6.45) is -0.408. The highest BCUT2D eigenvalue weighted by molar-refractivity contribution is 7.90. The molecule has 0 aliphatic carbocycles. The van der Waals surface area contributed by atoms with Crippen molar-refractivity contribution >= 4 is 26.6 Å². The van der Waals surface area contributed by atoms with E-state index in [9.17, 15) is 22.7 Å². The van der Waals surface area contributed by atoms with Crippen LogP contribution in [0.25, 0.3) is 22.0 Å². The van der Waals surface area contributed by atoms with Crippen LogP contribution in [0.3, 0.4) is 0 Å². The summed E-state index contributed by atoms with van der Waals surface area (Å²) in [6, 6.07) is 7.04. The molecule has 0 saturated heterocycles. The van der Waals surface area contributed by atoms with Crippen molar-refractivity contribution < 1.29 is 41.3 Å². The Kier molecular flexibility index (Phi) is 7.66. The zero-order valence-corrected chi connectivity index (χ0v) is 20.5. The van der Waals surface area contributed by atoms with Gasteiger partial charge in [0.25, 0.3) is 5.91 Å². The summed E-state index contributed by atoms with van der Waals surface area (Å²) >= 11 is 0. The average Bonchev–Trinajstić information content (AvgIpc) is 3.34. The number of rotatable bonds is 9.